The first kappa shape index (κ1) is 12.0. The van der Waals surface area contributed by atoms with Gasteiger partial charge in [-0.15, -0.1) is 0 Å². The van der Waals surface area contributed by atoms with Gasteiger partial charge in [-0.1, -0.05) is 18.9 Å². The van der Waals surface area contributed by atoms with E-state index >= 15 is 0 Å². The van der Waals surface area contributed by atoms with E-state index in [1.54, 1.807) is 6.20 Å². The van der Waals surface area contributed by atoms with Crippen molar-refractivity contribution < 1.29 is 4.79 Å². The highest BCUT2D eigenvalue weighted by molar-refractivity contribution is 5.86. The summed E-state index contributed by atoms with van der Waals surface area (Å²) in [6, 6.07) is 3.91. The molecule has 0 saturated heterocycles. The highest BCUT2D eigenvalue weighted by Gasteiger charge is 2.36. The van der Waals surface area contributed by atoms with Crippen molar-refractivity contribution in [1.82, 2.24) is 10.3 Å². The van der Waals surface area contributed by atoms with Gasteiger partial charge in [0, 0.05) is 18.9 Å². The fraction of sp³-hybridized carbons (Fsp3) is 0.538. The normalized spacial score (nSPS) is 17.9. The van der Waals surface area contributed by atoms with Crippen LogP contribution in [0.5, 0.6) is 0 Å². The van der Waals surface area contributed by atoms with Crippen molar-refractivity contribution in [2.75, 3.05) is 6.54 Å². The zero-order chi connectivity index (χ0) is 12.1. The first-order valence-corrected chi connectivity index (χ1v) is 6.17. The molecule has 0 bridgehead atoms. The van der Waals surface area contributed by atoms with Gasteiger partial charge in [0.05, 0.1) is 5.54 Å². The first-order chi connectivity index (χ1) is 8.21. The lowest BCUT2D eigenvalue weighted by molar-refractivity contribution is -0.126. The summed E-state index contributed by atoms with van der Waals surface area (Å²) in [6.07, 6.45) is 8.11. The molecule has 17 heavy (non-hydrogen) atoms. The first-order valence-electron chi connectivity index (χ1n) is 6.17. The fourth-order valence-electron chi connectivity index (χ4n) is 2.28. The van der Waals surface area contributed by atoms with Crippen molar-refractivity contribution >= 4 is 5.91 Å². The lowest BCUT2D eigenvalue weighted by Gasteiger charge is -2.22. The molecule has 92 valence electrons. The van der Waals surface area contributed by atoms with E-state index in [9.17, 15) is 4.79 Å². The Labute approximate surface area is 102 Å². The van der Waals surface area contributed by atoms with Crippen molar-refractivity contribution in [3.05, 3.63) is 30.1 Å². The van der Waals surface area contributed by atoms with Gasteiger partial charge in [-0.05, 0) is 30.9 Å². The second-order valence-corrected chi connectivity index (χ2v) is 4.73. The van der Waals surface area contributed by atoms with Crippen LogP contribution < -0.4 is 11.1 Å². The van der Waals surface area contributed by atoms with Gasteiger partial charge in [-0.25, -0.2) is 0 Å². The van der Waals surface area contributed by atoms with Crippen LogP contribution in [0.15, 0.2) is 24.5 Å². The zero-order valence-electron chi connectivity index (χ0n) is 9.98. The van der Waals surface area contributed by atoms with E-state index < -0.39 is 5.54 Å². The molecule has 0 unspecified atom stereocenters. The molecule has 1 aromatic rings. The van der Waals surface area contributed by atoms with Gasteiger partial charge in [-0.3, -0.25) is 9.78 Å². The van der Waals surface area contributed by atoms with Crippen LogP contribution in [0, 0.1) is 0 Å². The Bertz CT molecular complexity index is 372. The maximum absolute atomic E-state index is 11.9. The molecule has 1 aliphatic carbocycles. The van der Waals surface area contributed by atoms with Crippen LogP contribution >= 0.6 is 0 Å². The summed E-state index contributed by atoms with van der Waals surface area (Å²) in [5, 5.41) is 2.92. The quantitative estimate of drug-likeness (QED) is 0.815. The van der Waals surface area contributed by atoms with Crippen LogP contribution in [0.3, 0.4) is 0 Å². The number of pyridine rings is 1. The fourth-order valence-corrected chi connectivity index (χ4v) is 2.28. The molecule has 0 atom stereocenters. The predicted octanol–water partition coefficient (Wildman–Crippen LogP) is 1.01. The Balaban J connectivity index is 1.77. The van der Waals surface area contributed by atoms with Gasteiger partial charge in [0.2, 0.25) is 5.91 Å². The van der Waals surface area contributed by atoms with Crippen LogP contribution in [-0.2, 0) is 11.2 Å². The smallest absolute Gasteiger partial charge is 0.240 e. The molecule has 2 rings (SSSR count). The molecular formula is C13H19N3O. The lowest BCUT2D eigenvalue weighted by atomic mass is 9.98. The topological polar surface area (TPSA) is 68.0 Å². The van der Waals surface area contributed by atoms with Crippen molar-refractivity contribution in [3.8, 4) is 0 Å². The predicted molar refractivity (Wildman–Crippen MR) is 66.3 cm³/mol. The number of carbonyl (C=O) groups excluding carboxylic acids is 1. The van der Waals surface area contributed by atoms with E-state index in [-0.39, 0.29) is 5.91 Å². The number of nitrogens with one attached hydrogen (secondary N) is 1. The molecular weight excluding hydrogens is 214 g/mol. The number of amides is 1. The molecule has 0 aromatic carbocycles. The number of nitrogens with two attached hydrogens (primary N) is 1. The van der Waals surface area contributed by atoms with E-state index in [0.717, 1.165) is 37.7 Å². The van der Waals surface area contributed by atoms with E-state index in [2.05, 4.69) is 10.3 Å². The third-order valence-electron chi connectivity index (χ3n) is 3.37. The monoisotopic (exact) mass is 233 g/mol. The lowest BCUT2D eigenvalue weighted by Crippen LogP contribution is -2.52. The van der Waals surface area contributed by atoms with Crippen LogP contribution in [0.4, 0.5) is 0 Å². The Hall–Kier alpha value is -1.42. The molecule has 1 fully saturated rings. The standard InChI is InChI=1S/C13H19N3O/c14-13(6-1-2-7-13)12(17)16-9-5-11-4-3-8-15-10-11/h3-4,8,10H,1-2,5-7,9,14H2,(H,16,17). The van der Waals surface area contributed by atoms with Crippen LogP contribution in [0.2, 0.25) is 0 Å². The highest BCUT2D eigenvalue weighted by atomic mass is 16.2. The van der Waals surface area contributed by atoms with Crippen molar-refractivity contribution in [2.45, 2.75) is 37.6 Å². The summed E-state index contributed by atoms with van der Waals surface area (Å²) >= 11 is 0. The number of hydrogen-bond acceptors (Lipinski definition) is 3. The van der Waals surface area contributed by atoms with Crippen molar-refractivity contribution in [2.24, 2.45) is 5.73 Å². The Morgan fingerprint density at radius 2 is 2.24 bits per heavy atom. The van der Waals surface area contributed by atoms with Gasteiger partial charge in [0.25, 0.3) is 0 Å². The average Bonchev–Trinajstić information content (AvgIpc) is 2.79. The van der Waals surface area contributed by atoms with Gasteiger partial charge in [0.1, 0.15) is 0 Å². The second kappa shape index (κ2) is 5.27. The van der Waals surface area contributed by atoms with Crippen LogP contribution in [-0.4, -0.2) is 23.0 Å². The minimum absolute atomic E-state index is 0.00103. The van der Waals surface area contributed by atoms with E-state index in [0.29, 0.717) is 6.54 Å². The molecule has 1 aliphatic rings. The summed E-state index contributed by atoms with van der Waals surface area (Å²) in [5.41, 5.74) is 6.57. The van der Waals surface area contributed by atoms with Crippen LogP contribution in [0.25, 0.3) is 0 Å². The van der Waals surface area contributed by atoms with E-state index in [1.807, 2.05) is 18.3 Å². The largest absolute Gasteiger partial charge is 0.354 e. The number of nitrogens with zero attached hydrogens (tertiary/aromatic N) is 1. The molecule has 0 radical (unpaired) electrons. The van der Waals surface area contributed by atoms with Gasteiger partial charge >= 0.3 is 0 Å². The number of carbonyl (C=O) groups is 1. The molecule has 4 nitrogen and oxygen atoms in total. The maximum Gasteiger partial charge on any atom is 0.240 e. The molecule has 1 aromatic heterocycles. The van der Waals surface area contributed by atoms with Gasteiger partial charge in [0.15, 0.2) is 0 Å². The number of hydrogen-bond donors (Lipinski definition) is 2. The molecule has 0 aliphatic heterocycles. The third-order valence-corrected chi connectivity index (χ3v) is 3.37. The average molecular weight is 233 g/mol. The summed E-state index contributed by atoms with van der Waals surface area (Å²) in [7, 11) is 0. The maximum atomic E-state index is 11.9. The number of aromatic nitrogens is 1. The summed E-state index contributed by atoms with van der Waals surface area (Å²) < 4.78 is 0. The molecule has 1 heterocycles. The molecule has 0 spiro atoms. The zero-order valence-corrected chi connectivity index (χ0v) is 9.98. The van der Waals surface area contributed by atoms with Crippen molar-refractivity contribution in [1.29, 1.82) is 0 Å². The Morgan fingerprint density at radius 1 is 1.47 bits per heavy atom. The van der Waals surface area contributed by atoms with Crippen LogP contribution in [0.1, 0.15) is 31.2 Å². The summed E-state index contributed by atoms with van der Waals surface area (Å²) in [5.74, 6) is -0.00103. The molecule has 4 heteroatoms. The third kappa shape index (κ3) is 3.03. The summed E-state index contributed by atoms with van der Waals surface area (Å²) in [6.45, 7) is 0.628. The van der Waals surface area contributed by atoms with E-state index in [4.69, 9.17) is 5.73 Å². The van der Waals surface area contributed by atoms with Gasteiger partial charge in [-0.2, -0.15) is 0 Å². The second-order valence-electron chi connectivity index (χ2n) is 4.73. The molecule has 1 amide bonds. The Kier molecular flexibility index (Phi) is 3.74. The van der Waals surface area contributed by atoms with E-state index in [1.165, 1.54) is 0 Å². The summed E-state index contributed by atoms with van der Waals surface area (Å²) in [4.78, 5) is 15.9. The highest BCUT2D eigenvalue weighted by Crippen LogP contribution is 2.27. The minimum atomic E-state index is -0.616. The molecule has 3 N–H and O–H groups in total. The minimum Gasteiger partial charge on any atom is -0.354 e. The SMILES string of the molecule is NC1(C(=O)NCCc2cccnc2)CCCC1. The van der Waals surface area contributed by atoms with Crippen molar-refractivity contribution in [3.63, 3.8) is 0 Å². The number of rotatable bonds is 4. The van der Waals surface area contributed by atoms with Gasteiger partial charge < -0.3 is 11.1 Å². The Morgan fingerprint density at radius 3 is 2.88 bits per heavy atom. The molecule has 1 saturated carbocycles.